The molecule has 0 amide bonds. The van der Waals surface area contributed by atoms with Crippen molar-refractivity contribution in [3.63, 3.8) is 0 Å². The van der Waals surface area contributed by atoms with Gasteiger partial charge in [0.15, 0.2) is 0 Å². The number of rotatable bonds is 3. The number of aromatic carboxylic acids is 1. The topological polar surface area (TPSA) is 46.5 Å². The van der Waals surface area contributed by atoms with Gasteiger partial charge in [0, 0.05) is 0 Å². The van der Waals surface area contributed by atoms with Crippen LogP contribution >= 0.6 is 0 Å². The van der Waals surface area contributed by atoms with Crippen LogP contribution in [0, 0.1) is 0 Å². The van der Waals surface area contributed by atoms with Crippen molar-refractivity contribution in [1.82, 2.24) is 0 Å². The number of hydrogen-bond acceptors (Lipinski definition) is 2. The van der Waals surface area contributed by atoms with Crippen molar-refractivity contribution in [1.29, 1.82) is 0 Å². The van der Waals surface area contributed by atoms with Crippen LogP contribution in [-0.2, 0) is 0 Å². The Morgan fingerprint density at radius 1 is 1.43 bits per heavy atom. The molecule has 0 unspecified atom stereocenters. The summed E-state index contributed by atoms with van der Waals surface area (Å²) in [6.45, 7) is -2.94. The van der Waals surface area contributed by atoms with Crippen molar-refractivity contribution >= 4 is 5.97 Å². The molecular formula is C8H6F2NaO3+. The third-order valence-electron chi connectivity index (χ3n) is 1.31. The van der Waals surface area contributed by atoms with E-state index >= 15 is 0 Å². The first-order chi connectivity index (χ1) is 6.09. The average Bonchev–Trinajstić information content (AvgIpc) is 2.03. The molecule has 0 heterocycles. The SMILES string of the molecule is O=C(O)c1cccc(OC(F)F)c1.[Na+]. The van der Waals surface area contributed by atoms with Gasteiger partial charge in [-0.2, -0.15) is 8.78 Å². The maximum atomic E-state index is 11.7. The second kappa shape index (κ2) is 5.95. The molecule has 0 aliphatic heterocycles. The van der Waals surface area contributed by atoms with E-state index in [0.717, 1.165) is 6.07 Å². The molecule has 1 aromatic carbocycles. The van der Waals surface area contributed by atoms with Crippen LogP contribution in [0.1, 0.15) is 10.4 Å². The number of benzene rings is 1. The number of carboxylic acid groups (broad SMARTS) is 1. The zero-order valence-corrected chi connectivity index (χ0v) is 9.41. The van der Waals surface area contributed by atoms with Crippen molar-refractivity contribution in [2.24, 2.45) is 0 Å². The Hall–Kier alpha value is -0.650. The van der Waals surface area contributed by atoms with Crippen molar-refractivity contribution in [3.8, 4) is 5.75 Å². The van der Waals surface area contributed by atoms with E-state index in [1.807, 2.05) is 0 Å². The number of halogens is 2. The molecule has 0 aliphatic rings. The number of alkyl halides is 2. The normalized spacial score (nSPS) is 9.36. The Morgan fingerprint density at radius 2 is 2.07 bits per heavy atom. The number of hydrogen-bond donors (Lipinski definition) is 1. The van der Waals surface area contributed by atoms with E-state index < -0.39 is 12.6 Å². The number of carbonyl (C=O) groups is 1. The van der Waals surface area contributed by atoms with Gasteiger partial charge < -0.3 is 9.84 Å². The molecule has 0 atom stereocenters. The predicted octanol–water partition coefficient (Wildman–Crippen LogP) is -1.01. The molecule has 70 valence electrons. The van der Waals surface area contributed by atoms with E-state index in [0.29, 0.717) is 0 Å². The second-order valence-electron chi connectivity index (χ2n) is 2.21. The first-order valence-corrected chi connectivity index (χ1v) is 3.38. The van der Waals surface area contributed by atoms with E-state index in [2.05, 4.69) is 4.74 Å². The summed E-state index contributed by atoms with van der Waals surface area (Å²) in [5.41, 5.74) is -0.0850. The summed E-state index contributed by atoms with van der Waals surface area (Å²) in [4.78, 5) is 10.4. The van der Waals surface area contributed by atoms with Gasteiger partial charge in [-0.05, 0) is 18.2 Å². The smallest absolute Gasteiger partial charge is 0.478 e. The summed E-state index contributed by atoms with van der Waals surface area (Å²) >= 11 is 0. The minimum Gasteiger partial charge on any atom is -0.478 e. The molecule has 0 radical (unpaired) electrons. The molecular weight excluding hydrogens is 205 g/mol. The first kappa shape index (κ1) is 13.4. The maximum Gasteiger partial charge on any atom is 1.00 e. The van der Waals surface area contributed by atoms with Crippen molar-refractivity contribution < 1.29 is 53.0 Å². The van der Waals surface area contributed by atoms with Gasteiger partial charge in [-0.25, -0.2) is 4.79 Å². The largest absolute Gasteiger partial charge is 1.00 e. The predicted molar refractivity (Wildman–Crippen MR) is 40.0 cm³/mol. The Balaban J connectivity index is 0.00000169. The average molecular weight is 211 g/mol. The van der Waals surface area contributed by atoms with Gasteiger partial charge in [0.25, 0.3) is 0 Å². The fourth-order valence-corrected chi connectivity index (χ4v) is 0.805. The number of ether oxygens (including phenoxy) is 1. The molecule has 0 fully saturated rings. The summed E-state index contributed by atoms with van der Waals surface area (Å²) in [6, 6.07) is 4.93. The standard InChI is InChI=1S/C8H6F2O3.Na/c9-8(10)13-6-3-1-2-5(4-6)7(11)12;/h1-4,8H,(H,11,12);/q;+1. The monoisotopic (exact) mass is 211 g/mol. The third-order valence-corrected chi connectivity index (χ3v) is 1.31. The Bertz CT molecular complexity index is 317. The van der Waals surface area contributed by atoms with Crippen LogP contribution in [0.2, 0.25) is 0 Å². The Labute approximate surface area is 101 Å². The second-order valence-corrected chi connectivity index (χ2v) is 2.21. The molecule has 1 aromatic rings. The van der Waals surface area contributed by atoms with Gasteiger partial charge in [-0.1, -0.05) is 6.07 Å². The van der Waals surface area contributed by atoms with Crippen LogP contribution in [-0.4, -0.2) is 17.7 Å². The molecule has 0 aromatic heterocycles. The van der Waals surface area contributed by atoms with Crippen LogP contribution in [0.3, 0.4) is 0 Å². The van der Waals surface area contributed by atoms with Crippen molar-refractivity contribution in [2.45, 2.75) is 6.61 Å². The van der Waals surface area contributed by atoms with Crippen LogP contribution in [0.15, 0.2) is 24.3 Å². The van der Waals surface area contributed by atoms with E-state index in [1.165, 1.54) is 18.2 Å². The fraction of sp³-hybridized carbons (Fsp3) is 0.125. The van der Waals surface area contributed by atoms with Crippen molar-refractivity contribution in [2.75, 3.05) is 0 Å². The van der Waals surface area contributed by atoms with Crippen LogP contribution in [0.25, 0.3) is 0 Å². The van der Waals surface area contributed by atoms with E-state index in [9.17, 15) is 13.6 Å². The summed E-state index contributed by atoms with van der Waals surface area (Å²) in [5.74, 6) is -1.34. The van der Waals surface area contributed by atoms with Crippen LogP contribution in [0.4, 0.5) is 8.78 Å². The third kappa shape index (κ3) is 4.04. The molecule has 0 bridgehead atoms. The van der Waals surface area contributed by atoms with Gasteiger partial charge in [0.1, 0.15) is 5.75 Å². The Morgan fingerprint density at radius 3 is 2.57 bits per heavy atom. The van der Waals surface area contributed by atoms with E-state index in [-0.39, 0.29) is 40.9 Å². The number of carboxylic acids is 1. The van der Waals surface area contributed by atoms with Gasteiger partial charge in [-0.15, -0.1) is 0 Å². The van der Waals surface area contributed by atoms with Gasteiger partial charge in [0.2, 0.25) is 0 Å². The minimum atomic E-state index is -2.94. The quantitative estimate of drug-likeness (QED) is 0.651. The maximum absolute atomic E-state index is 11.7. The van der Waals surface area contributed by atoms with Crippen molar-refractivity contribution in [3.05, 3.63) is 29.8 Å². The van der Waals surface area contributed by atoms with E-state index in [1.54, 1.807) is 0 Å². The minimum absolute atomic E-state index is 0. The Kier molecular flexibility index (Phi) is 5.68. The van der Waals surface area contributed by atoms with Gasteiger partial charge in [-0.3, -0.25) is 0 Å². The first-order valence-electron chi connectivity index (χ1n) is 3.38. The van der Waals surface area contributed by atoms with Crippen LogP contribution < -0.4 is 34.3 Å². The molecule has 1 rings (SSSR count). The molecule has 6 heteroatoms. The summed E-state index contributed by atoms with van der Waals surface area (Å²) in [7, 11) is 0. The summed E-state index contributed by atoms with van der Waals surface area (Å²) in [6.07, 6.45) is 0. The van der Waals surface area contributed by atoms with E-state index in [4.69, 9.17) is 5.11 Å². The molecule has 0 spiro atoms. The van der Waals surface area contributed by atoms with Crippen LogP contribution in [0.5, 0.6) is 5.75 Å². The molecule has 3 nitrogen and oxygen atoms in total. The molecule has 0 aliphatic carbocycles. The molecule has 14 heavy (non-hydrogen) atoms. The van der Waals surface area contributed by atoms with Gasteiger partial charge >= 0.3 is 42.1 Å². The molecule has 0 saturated heterocycles. The molecule has 0 saturated carbocycles. The summed E-state index contributed by atoms with van der Waals surface area (Å²) < 4.78 is 27.4. The van der Waals surface area contributed by atoms with Gasteiger partial charge in [0.05, 0.1) is 5.56 Å². The zero-order valence-electron chi connectivity index (χ0n) is 7.41. The summed E-state index contributed by atoms with van der Waals surface area (Å²) in [5, 5.41) is 8.50. The fourth-order valence-electron chi connectivity index (χ4n) is 0.805. The zero-order chi connectivity index (χ0) is 9.84. The molecule has 1 N–H and O–H groups in total.